The number of thiazole rings is 1. The lowest BCUT2D eigenvalue weighted by Gasteiger charge is -2.42. The van der Waals surface area contributed by atoms with Crippen LogP contribution in [0.25, 0.3) is 4.96 Å². The van der Waals surface area contributed by atoms with Crippen molar-refractivity contribution in [3.8, 4) is 17.4 Å². The average molecular weight is 556 g/mol. The van der Waals surface area contributed by atoms with Gasteiger partial charge in [0.2, 0.25) is 10.8 Å². The maximum absolute atomic E-state index is 11.3. The van der Waals surface area contributed by atoms with Crippen LogP contribution in [-0.4, -0.2) is 69.9 Å². The van der Waals surface area contributed by atoms with Gasteiger partial charge in [0.1, 0.15) is 5.82 Å². The van der Waals surface area contributed by atoms with E-state index >= 15 is 0 Å². The van der Waals surface area contributed by atoms with Gasteiger partial charge in [-0.05, 0) is 35.7 Å². The van der Waals surface area contributed by atoms with Crippen molar-refractivity contribution in [2.45, 2.75) is 19.0 Å². The number of nitrogens with zero attached hydrogens (tertiary/aromatic N) is 5. The van der Waals surface area contributed by atoms with Crippen molar-refractivity contribution in [2.24, 2.45) is 0 Å². The largest absolute Gasteiger partial charge is 0.493 e. The fourth-order valence-electron chi connectivity index (χ4n) is 5.72. The minimum Gasteiger partial charge on any atom is -0.493 e. The van der Waals surface area contributed by atoms with Gasteiger partial charge in [-0.3, -0.25) is 9.80 Å². The number of benzene rings is 3. The zero-order valence-corrected chi connectivity index (χ0v) is 23.7. The molecule has 1 aliphatic heterocycles. The molecule has 40 heavy (non-hydrogen) atoms. The van der Waals surface area contributed by atoms with Gasteiger partial charge in [0, 0.05) is 26.2 Å². The maximum Gasteiger partial charge on any atom is 0.230 e. The van der Waals surface area contributed by atoms with Crippen molar-refractivity contribution in [1.82, 2.24) is 24.4 Å². The first-order valence-corrected chi connectivity index (χ1v) is 14.2. The van der Waals surface area contributed by atoms with Crippen LogP contribution in [-0.2, 0) is 0 Å². The molecule has 8 nitrogen and oxygen atoms in total. The smallest absolute Gasteiger partial charge is 0.230 e. The molecule has 5 aromatic rings. The SMILES string of the molecule is COc1ccc([C@H](c2sc3nc(C)nn3c2O)N2CCN(C(c3ccccc3)c3ccccc3)CC2)cc1OC. The predicted octanol–water partition coefficient (Wildman–Crippen LogP) is 5.32. The first kappa shape index (κ1) is 26.3. The molecule has 0 unspecified atom stereocenters. The Labute approximate surface area is 238 Å². The summed E-state index contributed by atoms with van der Waals surface area (Å²) in [5, 5.41) is 15.7. The van der Waals surface area contributed by atoms with E-state index in [0.717, 1.165) is 36.6 Å². The zero-order chi connectivity index (χ0) is 27.6. The lowest BCUT2D eigenvalue weighted by atomic mass is 9.96. The van der Waals surface area contributed by atoms with E-state index < -0.39 is 0 Å². The zero-order valence-electron chi connectivity index (χ0n) is 22.9. The lowest BCUT2D eigenvalue weighted by Crippen LogP contribution is -2.49. The van der Waals surface area contributed by atoms with E-state index in [1.807, 2.05) is 19.1 Å². The molecule has 3 aromatic carbocycles. The third-order valence-electron chi connectivity index (χ3n) is 7.59. The Balaban J connectivity index is 1.34. The number of piperazine rings is 1. The monoisotopic (exact) mass is 555 g/mol. The van der Waals surface area contributed by atoms with Crippen LogP contribution in [0, 0.1) is 6.92 Å². The second kappa shape index (κ2) is 11.3. The highest BCUT2D eigenvalue weighted by Crippen LogP contribution is 2.43. The van der Waals surface area contributed by atoms with Crippen molar-refractivity contribution in [2.75, 3.05) is 40.4 Å². The highest BCUT2D eigenvalue weighted by Gasteiger charge is 2.34. The first-order chi connectivity index (χ1) is 19.6. The third-order valence-corrected chi connectivity index (χ3v) is 8.66. The summed E-state index contributed by atoms with van der Waals surface area (Å²) < 4.78 is 12.7. The Morgan fingerprint density at radius 3 is 1.88 bits per heavy atom. The van der Waals surface area contributed by atoms with Crippen LogP contribution in [0.3, 0.4) is 0 Å². The van der Waals surface area contributed by atoms with E-state index in [4.69, 9.17) is 9.47 Å². The van der Waals surface area contributed by atoms with Crippen molar-refractivity contribution >= 4 is 16.3 Å². The molecule has 9 heteroatoms. The minimum absolute atomic E-state index is 0.134. The molecule has 206 valence electrons. The molecule has 1 atom stereocenters. The molecular weight excluding hydrogens is 522 g/mol. The van der Waals surface area contributed by atoms with Gasteiger partial charge in [-0.25, -0.2) is 4.98 Å². The van der Waals surface area contributed by atoms with E-state index in [9.17, 15) is 5.11 Å². The van der Waals surface area contributed by atoms with Gasteiger partial charge in [-0.2, -0.15) is 4.52 Å². The summed E-state index contributed by atoms with van der Waals surface area (Å²) in [7, 11) is 3.28. The molecule has 6 rings (SSSR count). The Bertz CT molecular complexity index is 1540. The summed E-state index contributed by atoms with van der Waals surface area (Å²) in [6.07, 6.45) is 0. The molecular formula is C31H33N5O3S. The van der Waals surface area contributed by atoms with E-state index in [1.165, 1.54) is 22.5 Å². The molecule has 0 bridgehead atoms. The third kappa shape index (κ3) is 4.92. The molecule has 0 aliphatic carbocycles. The van der Waals surface area contributed by atoms with Gasteiger partial charge >= 0.3 is 0 Å². The Morgan fingerprint density at radius 2 is 1.32 bits per heavy atom. The number of methoxy groups -OCH3 is 2. The first-order valence-electron chi connectivity index (χ1n) is 13.4. The topological polar surface area (TPSA) is 75.4 Å². The van der Waals surface area contributed by atoms with Crippen molar-refractivity contribution < 1.29 is 14.6 Å². The molecule has 3 heterocycles. The number of hydrogen-bond donors (Lipinski definition) is 1. The number of hydrogen-bond acceptors (Lipinski definition) is 8. The van der Waals surface area contributed by atoms with Crippen LogP contribution < -0.4 is 9.47 Å². The Morgan fingerprint density at radius 1 is 0.750 bits per heavy atom. The number of ether oxygens (including phenoxy) is 2. The lowest BCUT2D eigenvalue weighted by molar-refractivity contribution is 0.0898. The summed E-state index contributed by atoms with van der Waals surface area (Å²) in [5.41, 5.74) is 3.60. The maximum atomic E-state index is 11.3. The summed E-state index contributed by atoms with van der Waals surface area (Å²) in [4.78, 5) is 11.0. The van der Waals surface area contributed by atoms with Crippen LogP contribution in [0.4, 0.5) is 0 Å². The van der Waals surface area contributed by atoms with E-state index in [2.05, 4.69) is 86.6 Å². The summed E-state index contributed by atoms with van der Waals surface area (Å²) in [6.45, 7) is 5.22. The number of fused-ring (bicyclic) bond motifs is 1. The van der Waals surface area contributed by atoms with Crippen molar-refractivity contribution in [3.05, 3.63) is 106 Å². The van der Waals surface area contributed by atoms with E-state index in [1.54, 1.807) is 18.7 Å². The quantitative estimate of drug-likeness (QED) is 0.278. The average Bonchev–Trinajstić information content (AvgIpc) is 3.51. The summed E-state index contributed by atoms with van der Waals surface area (Å²) in [5.74, 6) is 2.10. The predicted molar refractivity (Wildman–Crippen MR) is 157 cm³/mol. The molecule has 0 saturated carbocycles. The Kier molecular flexibility index (Phi) is 7.42. The van der Waals surface area contributed by atoms with Gasteiger partial charge in [0.05, 0.1) is 31.2 Å². The highest BCUT2D eigenvalue weighted by molar-refractivity contribution is 7.17. The molecule has 0 amide bonds. The summed E-state index contributed by atoms with van der Waals surface area (Å²) in [6, 6.07) is 27.4. The second-order valence-corrected chi connectivity index (χ2v) is 11.0. The highest BCUT2D eigenvalue weighted by atomic mass is 32.1. The van der Waals surface area contributed by atoms with Crippen molar-refractivity contribution in [3.63, 3.8) is 0 Å². The molecule has 1 aliphatic rings. The number of rotatable bonds is 8. The van der Waals surface area contributed by atoms with Crippen LogP contribution in [0.1, 0.15) is 39.5 Å². The fourth-order valence-corrected chi connectivity index (χ4v) is 6.88. The molecule has 1 N–H and O–H groups in total. The summed E-state index contributed by atoms with van der Waals surface area (Å²) >= 11 is 1.48. The fraction of sp³-hybridized carbons (Fsp3) is 0.290. The van der Waals surface area contributed by atoms with Gasteiger partial charge in [0.15, 0.2) is 11.5 Å². The number of aromatic nitrogens is 3. The minimum atomic E-state index is -0.192. The molecule has 1 saturated heterocycles. The molecule has 1 fully saturated rings. The van der Waals surface area contributed by atoms with Crippen LogP contribution in [0.2, 0.25) is 0 Å². The van der Waals surface area contributed by atoms with Crippen LogP contribution in [0.5, 0.6) is 17.4 Å². The van der Waals surface area contributed by atoms with Crippen LogP contribution >= 0.6 is 11.3 Å². The van der Waals surface area contributed by atoms with Gasteiger partial charge in [-0.1, -0.05) is 78.1 Å². The van der Waals surface area contributed by atoms with Gasteiger partial charge < -0.3 is 14.6 Å². The Hall–Kier alpha value is -3.92. The molecule has 0 radical (unpaired) electrons. The second-order valence-electron chi connectivity index (χ2n) is 9.96. The van der Waals surface area contributed by atoms with E-state index in [0.29, 0.717) is 22.3 Å². The van der Waals surface area contributed by atoms with Crippen LogP contribution in [0.15, 0.2) is 78.9 Å². The molecule has 2 aromatic heterocycles. The van der Waals surface area contributed by atoms with E-state index in [-0.39, 0.29) is 18.0 Å². The number of aryl methyl sites for hydroxylation is 1. The molecule has 0 spiro atoms. The van der Waals surface area contributed by atoms with Gasteiger partial charge in [0.25, 0.3) is 0 Å². The van der Waals surface area contributed by atoms with Crippen molar-refractivity contribution in [1.29, 1.82) is 0 Å². The standard InChI is InChI=1S/C31H33N5O3S/c1-21-32-31-36(33-21)30(37)29(40-31)28(24-14-15-25(38-2)26(20-24)39-3)35-18-16-34(17-19-35)27(22-10-6-4-7-11-22)23-12-8-5-9-13-23/h4-15,20,27-28,37H,16-19H2,1-3H3/t28-/m1/s1. The normalized spacial score (nSPS) is 15.5. The van der Waals surface area contributed by atoms with Gasteiger partial charge in [-0.15, -0.1) is 5.10 Å². The number of aromatic hydroxyl groups is 1.